The van der Waals surface area contributed by atoms with Gasteiger partial charge in [-0.3, -0.25) is 0 Å². The largest absolute Gasteiger partial charge is 0.495 e. The van der Waals surface area contributed by atoms with Crippen LogP contribution in [0.3, 0.4) is 0 Å². The molecule has 2 aromatic carbocycles. The third-order valence-corrected chi connectivity index (χ3v) is 3.51. The van der Waals surface area contributed by atoms with Crippen LogP contribution in [0.4, 0.5) is 5.69 Å². The monoisotopic (exact) mass is 345 g/mol. The van der Waals surface area contributed by atoms with Crippen molar-refractivity contribution < 1.29 is 13.9 Å². The number of aromatic nitrogens is 2. The van der Waals surface area contributed by atoms with Crippen LogP contribution < -0.4 is 14.8 Å². The van der Waals surface area contributed by atoms with E-state index in [0.29, 0.717) is 29.1 Å². The fourth-order valence-electron chi connectivity index (χ4n) is 2.03. The van der Waals surface area contributed by atoms with Crippen molar-refractivity contribution >= 4 is 17.3 Å². The first-order valence-electron chi connectivity index (χ1n) is 7.31. The summed E-state index contributed by atoms with van der Waals surface area (Å²) >= 11 is 6.08. The summed E-state index contributed by atoms with van der Waals surface area (Å²) in [6.45, 7) is 0.617. The number of ether oxygens (including phenoxy) is 2. The highest BCUT2D eigenvalue weighted by Crippen LogP contribution is 2.27. The molecule has 1 heterocycles. The first-order valence-corrected chi connectivity index (χ1v) is 7.69. The van der Waals surface area contributed by atoms with E-state index in [-0.39, 0.29) is 6.61 Å². The van der Waals surface area contributed by atoms with Crippen molar-refractivity contribution in [3.63, 3.8) is 0 Å². The maximum Gasteiger partial charge on any atom is 0.253 e. The number of halogens is 1. The molecule has 1 N–H and O–H groups in total. The van der Waals surface area contributed by atoms with Crippen LogP contribution >= 0.6 is 11.6 Å². The second-order valence-corrected chi connectivity index (χ2v) is 5.30. The van der Waals surface area contributed by atoms with Crippen LogP contribution in [0.15, 0.2) is 52.9 Å². The Morgan fingerprint density at radius 3 is 2.62 bits per heavy atom. The maximum absolute atomic E-state index is 6.08. The second kappa shape index (κ2) is 7.70. The lowest BCUT2D eigenvalue weighted by Gasteiger charge is -2.07. The van der Waals surface area contributed by atoms with Crippen LogP contribution in [0, 0.1) is 0 Å². The van der Waals surface area contributed by atoms with Gasteiger partial charge in [0.1, 0.15) is 11.5 Å². The molecule has 3 rings (SSSR count). The molecule has 0 atom stereocenters. The van der Waals surface area contributed by atoms with Gasteiger partial charge in [-0.25, -0.2) is 0 Å². The molecule has 0 amide bonds. The average Bonchev–Trinajstić information content (AvgIpc) is 3.07. The van der Waals surface area contributed by atoms with Gasteiger partial charge >= 0.3 is 0 Å². The van der Waals surface area contributed by atoms with Crippen molar-refractivity contribution in [1.82, 2.24) is 10.2 Å². The lowest BCUT2D eigenvalue weighted by Crippen LogP contribution is -2.00. The Hall–Kier alpha value is -2.73. The molecule has 0 unspecified atom stereocenters. The first-order chi connectivity index (χ1) is 11.7. The predicted molar refractivity (Wildman–Crippen MR) is 90.4 cm³/mol. The fourth-order valence-corrected chi connectivity index (χ4v) is 2.29. The summed E-state index contributed by atoms with van der Waals surface area (Å²) in [5.74, 6) is 2.26. The summed E-state index contributed by atoms with van der Waals surface area (Å²) in [5.41, 5.74) is 0.834. The molecule has 7 heteroatoms. The van der Waals surface area contributed by atoms with E-state index in [1.807, 2.05) is 36.4 Å². The van der Waals surface area contributed by atoms with Gasteiger partial charge in [0.05, 0.1) is 18.7 Å². The van der Waals surface area contributed by atoms with E-state index in [2.05, 4.69) is 15.5 Å². The fraction of sp³-hybridized carbons (Fsp3) is 0.176. The van der Waals surface area contributed by atoms with Crippen molar-refractivity contribution in [3.8, 4) is 11.5 Å². The number of nitrogens with zero attached hydrogens (tertiary/aromatic N) is 2. The number of rotatable bonds is 7. The molecule has 124 valence electrons. The van der Waals surface area contributed by atoms with Gasteiger partial charge in [0.25, 0.3) is 5.89 Å². The Kier molecular flexibility index (Phi) is 5.18. The van der Waals surface area contributed by atoms with E-state index in [9.17, 15) is 0 Å². The quantitative estimate of drug-likeness (QED) is 0.699. The number of para-hydroxylation sites is 1. The highest BCUT2D eigenvalue weighted by atomic mass is 35.5. The molecule has 6 nitrogen and oxygen atoms in total. The van der Waals surface area contributed by atoms with Crippen molar-refractivity contribution in [2.24, 2.45) is 0 Å². The molecular weight excluding hydrogens is 330 g/mol. The van der Waals surface area contributed by atoms with Crippen molar-refractivity contribution in [3.05, 3.63) is 65.3 Å². The van der Waals surface area contributed by atoms with E-state index in [1.165, 1.54) is 0 Å². The summed E-state index contributed by atoms with van der Waals surface area (Å²) in [5, 5.41) is 11.6. The zero-order valence-corrected chi connectivity index (χ0v) is 13.8. The van der Waals surface area contributed by atoms with Crippen molar-refractivity contribution in [1.29, 1.82) is 0 Å². The van der Waals surface area contributed by atoms with Crippen LogP contribution in [0.25, 0.3) is 0 Å². The first kappa shape index (κ1) is 16.1. The number of nitrogens with one attached hydrogen (secondary N) is 1. The highest BCUT2D eigenvalue weighted by Gasteiger charge is 2.08. The van der Waals surface area contributed by atoms with Gasteiger partial charge in [-0.05, 0) is 30.3 Å². The average molecular weight is 346 g/mol. The summed E-state index contributed by atoms with van der Waals surface area (Å²) in [7, 11) is 1.58. The number of methoxy groups -OCH3 is 1. The SMILES string of the molecule is COc1ccc(NCc2nnc(COc3ccccc3)o2)cc1Cl. The highest BCUT2D eigenvalue weighted by molar-refractivity contribution is 6.32. The second-order valence-electron chi connectivity index (χ2n) is 4.89. The third-order valence-electron chi connectivity index (χ3n) is 3.21. The van der Waals surface area contributed by atoms with Gasteiger partial charge in [0.2, 0.25) is 5.89 Å². The Labute approximate surface area is 144 Å². The molecular formula is C17H16ClN3O3. The van der Waals surface area contributed by atoms with Crippen LogP contribution in [-0.4, -0.2) is 17.3 Å². The van der Waals surface area contributed by atoms with E-state index in [1.54, 1.807) is 19.2 Å². The Morgan fingerprint density at radius 2 is 1.88 bits per heavy atom. The van der Waals surface area contributed by atoms with E-state index < -0.39 is 0 Å². The van der Waals surface area contributed by atoms with Gasteiger partial charge in [-0.2, -0.15) is 0 Å². The summed E-state index contributed by atoms with van der Waals surface area (Å²) in [4.78, 5) is 0. The molecule has 0 saturated heterocycles. The topological polar surface area (TPSA) is 69.4 Å². The van der Waals surface area contributed by atoms with Crippen LogP contribution in [-0.2, 0) is 13.2 Å². The minimum Gasteiger partial charge on any atom is -0.495 e. The molecule has 3 aromatic rings. The van der Waals surface area contributed by atoms with Gasteiger partial charge in [0, 0.05) is 5.69 Å². The van der Waals surface area contributed by atoms with E-state index in [0.717, 1.165) is 11.4 Å². The molecule has 0 spiro atoms. The smallest absolute Gasteiger partial charge is 0.253 e. The van der Waals surface area contributed by atoms with Gasteiger partial charge in [0.15, 0.2) is 6.61 Å². The number of hydrogen-bond donors (Lipinski definition) is 1. The zero-order chi connectivity index (χ0) is 16.8. The number of benzene rings is 2. The zero-order valence-electron chi connectivity index (χ0n) is 13.0. The van der Waals surface area contributed by atoms with Crippen LogP contribution in [0.5, 0.6) is 11.5 Å². The molecule has 1 aromatic heterocycles. The maximum atomic E-state index is 6.08. The summed E-state index contributed by atoms with van der Waals surface area (Å²) in [6.07, 6.45) is 0. The summed E-state index contributed by atoms with van der Waals surface area (Å²) < 4.78 is 16.2. The number of anilines is 1. The molecule has 0 bridgehead atoms. The van der Waals surface area contributed by atoms with Crippen molar-refractivity contribution in [2.75, 3.05) is 12.4 Å². The van der Waals surface area contributed by atoms with Crippen molar-refractivity contribution in [2.45, 2.75) is 13.2 Å². The molecule has 0 saturated carbocycles. The van der Waals surface area contributed by atoms with Crippen LogP contribution in [0.1, 0.15) is 11.8 Å². The Morgan fingerprint density at radius 1 is 1.08 bits per heavy atom. The van der Waals surface area contributed by atoms with Gasteiger partial charge in [-0.1, -0.05) is 29.8 Å². The lowest BCUT2D eigenvalue weighted by molar-refractivity contribution is 0.259. The third kappa shape index (κ3) is 4.17. The number of hydrogen-bond acceptors (Lipinski definition) is 6. The van der Waals surface area contributed by atoms with Gasteiger partial charge in [-0.15, -0.1) is 10.2 Å². The lowest BCUT2D eigenvalue weighted by atomic mass is 10.3. The standard InChI is InChI=1S/C17H16ClN3O3/c1-22-15-8-7-12(9-14(15)18)19-10-16-20-21-17(24-16)11-23-13-5-3-2-4-6-13/h2-9,19H,10-11H2,1H3. The van der Waals surface area contributed by atoms with E-state index in [4.69, 9.17) is 25.5 Å². The molecule has 24 heavy (non-hydrogen) atoms. The Bertz CT molecular complexity index is 793. The summed E-state index contributed by atoms with van der Waals surface area (Å²) in [6, 6.07) is 14.9. The normalized spacial score (nSPS) is 10.4. The Balaban J connectivity index is 1.53. The molecule has 0 radical (unpaired) electrons. The molecule has 0 aliphatic heterocycles. The van der Waals surface area contributed by atoms with E-state index >= 15 is 0 Å². The van der Waals surface area contributed by atoms with Crippen LogP contribution in [0.2, 0.25) is 5.02 Å². The molecule has 0 fully saturated rings. The minimum atomic E-state index is 0.228. The molecule has 0 aliphatic carbocycles. The minimum absolute atomic E-state index is 0.228. The van der Waals surface area contributed by atoms with Gasteiger partial charge < -0.3 is 19.2 Å². The molecule has 0 aliphatic rings. The predicted octanol–water partition coefficient (Wildman–Crippen LogP) is 3.92.